The molecule has 0 aromatic heterocycles. The fraction of sp³-hybridized carbons (Fsp3) is 0.200. The van der Waals surface area contributed by atoms with Gasteiger partial charge in [0.25, 0.3) is 0 Å². The lowest BCUT2D eigenvalue weighted by molar-refractivity contribution is 0.247. The number of halogens is 1. The zero-order chi connectivity index (χ0) is 13.5. The van der Waals surface area contributed by atoms with Crippen molar-refractivity contribution >= 4 is 21.6 Å². The summed E-state index contributed by atoms with van der Waals surface area (Å²) in [6.45, 7) is 1.25. The number of benzene rings is 2. The molecule has 0 aliphatic heterocycles. The SMILES string of the molecule is Nc1ccc(OCCCOc2cccc(Br)c2)cc1. The van der Waals surface area contributed by atoms with Crippen LogP contribution in [0.2, 0.25) is 0 Å². The van der Waals surface area contributed by atoms with Crippen molar-refractivity contribution in [1.82, 2.24) is 0 Å². The fourth-order valence-corrected chi connectivity index (χ4v) is 1.94. The minimum atomic E-state index is 0.623. The molecule has 0 unspecified atom stereocenters. The zero-order valence-electron chi connectivity index (χ0n) is 10.5. The molecule has 19 heavy (non-hydrogen) atoms. The van der Waals surface area contributed by atoms with Crippen LogP contribution in [-0.4, -0.2) is 13.2 Å². The topological polar surface area (TPSA) is 44.5 Å². The van der Waals surface area contributed by atoms with Crippen LogP contribution in [-0.2, 0) is 0 Å². The van der Waals surface area contributed by atoms with Gasteiger partial charge in [-0.3, -0.25) is 0 Å². The first-order valence-electron chi connectivity index (χ1n) is 6.11. The normalized spacial score (nSPS) is 10.2. The lowest BCUT2D eigenvalue weighted by atomic mass is 10.3. The molecule has 2 aromatic carbocycles. The molecule has 0 radical (unpaired) electrons. The van der Waals surface area contributed by atoms with E-state index >= 15 is 0 Å². The minimum Gasteiger partial charge on any atom is -0.493 e. The summed E-state index contributed by atoms with van der Waals surface area (Å²) < 4.78 is 12.2. The summed E-state index contributed by atoms with van der Waals surface area (Å²) >= 11 is 3.41. The molecule has 0 spiro atoms. The average molecular weight is 322 g/mol. The molecule has 0 aliphatic rings. The van der Waals surface area contributed by atoms with Crippen molar-refractivity contribution in [3.05, 3.63) is 53.0 Å². The van der Waals surface area contributed by atoms with Gasteiger partial charge in [0.05, 0.1) is 13.2 Å². The number of hydrogen-bond acceptors (Lipinski definition) is 3. The molecule has 0 saturated heterocycles. The summed E-state index contributed by atoms with van der Waals surface area (Å²) in [4.78, 5) is 0. The van der Waals surface area contributed by atoms with Crippen molar-refractivity contribution in [2.24, 2.45) is 0 Å². The van der Waals surface area contributed by atoms with Gasteiger partial charge < -0.3 is 15.2 Å². The van der Waals surface area contributed by atoms with Gasteiger partial charge >= 0.3 is 0 Å². The number of rotatable bonds is 6. The van der Waals surface area contributed by atoms with Crippen LogP contribution in [0.5, 0.6) is 11.5 Å². The summed E-state index contributed by atoms with van der Waals surface area (Å²) in [6.07, 6.45) is 0.830. The molecule has 100 valence electrons. The Morgan fingerprint density at radius 1 is 0.895 bits per heavy atom. The molecule has 2 N–H and O–H groups in total. The van der Waals surface area contributed by atoms with Crippen molar-refractivity contribution in [3.63, 3.8) is 0 Å². The van der Waals surface area contributed by atoms with E-state index in [-0.39, 0.29) is 0 Å². The first-order chi connectivity index (χ1) is 9.24. The number of ether oxygens (including phenoxy) is 2. The highest BCUT2D eigenvalue weighted by molar-refractivity contribution is 9.10. The Hall–Kier alpha value is -1.68. The molecule has 3 nitrogen and oxygen atoms in total. The first-order valence-corrected chi connectivity index (χ1v) is 6.90. The zero-order valence-corrected chi connectivity index (χ0v) is 12.1. The Kier molecular flexibility index (Phi) is 5.10. The molecule has 0 amide bonds. The van der Waals surface area contributed by atoms with Gasteiger partial charge in [0.15, 0.2) is 0 Å². The third-order valence-electron chi connectivity index (χ3n) is 2.50. The second kappa shape index (κ2) is 7.04. The Balaban J connectivity index is 1.66. The van der Waals surface area contributed by atoms with Crippen LogP contribution in [0.4, 0.5) is 5.69 Å². The van der Waals surface area contributed by atoms with Crippen LogP contribution < -0.4 is 15.2 Å². The van der Waals surface area contributed by atoms with Gasteiger partial charge in [0.2, 0.25) is 0 Å². The van der Waals surface area contributed by atoms with Crippen LogP contribution in [0.25, 0.3) is 0 Å². The first kappa shape index (κ1) is 13.7. The molecule has 2 rings (SSSR count). The van der Waals surface area contributed by atoms with E-state index in [1.54, 1.807) is 0 Å². The Morgan fingerprint density at radius 2 is 1.58 bits per heavy atom. The largest absolute Gasteiger partial charge is 0.493 e. The van der Waals surface area contributed by atoms with Gasteiger partial charge in [-0.1, -0.05) is 22.0 Å². The van der Waals surface area contributed by atoms with Crippen molar-refractivity contribution in [3.8, 4) is 11.5 Å². The fourth-order valence-electron chi connectivity index (χ4n) is 1.56. The summed E-state index contributed by atoms with van der Waals surface area (Å²) in [7, 11) is 0. The Morgan fingerprint density at radius 3 is 2.26 bits per heavy atom. The lowest BCUT2D eigenvalue weighted by Crippen LogP contribution is -2.05. The van der Waals surface area contributed by atoms with Gasteiger partial charge in [-0.15, -0.1) is 0 Å². The summed E-state index contributed by atoms with van der Waals surface area (Å²) in [5.41, 5.74) is 6.34. The summed E-state index contributed by atoms with van der Waals surface area (Å²) in [5, 5.41) is 0. The highest BCUT2D eigenvalue weighted by Gasteiger charge is 1.96. The van der Waals surface area contributed by atoms with Gasteiger partial charge in [0.1, 0.15) is 11.5 Å². The van der Waals surface area contributed by atoms with Crippen LogP contribution in [0.3, 0.4) is 0 Å². The number of nitrogen functional groups attached to an aromatic ring is 1. The van der Waals surface area contributed by atoms with E-state index in [1.165, 1.54) is 0 Å². The van der Waals surface area contributed by atoms with E-state index in [2.05, 4.69) is 15.9 Å². The van der Waals surface area contributed by atoms with Crippen LogP contribution >= 0.6 is 15.9 Å². The monoisotopic (exact) mass is 321 g/mol. The van der Waals surface area contributed by atoms with Crippen LogP contribution in [0, 0.1) is 0 Å². The molecule has 0 fully saturated rings. The van der Waals surface area contributed by atoms with E-state index in [9.17, 15) is 0 Å². The summed E-state index contributed by atoms with van der Waals surface area (Å²) in [5.74, 6) is 1.69. The number of anilines is 1. The molecule has 2 aromatic rings. The molecule has 0 atom stereocenters. The van der Waals surface area contributed by atoms with Crippen molar-refractivity contribution in [2.75, 3.05) is 18.9 Å². The van der Waals surface area contributed by atoms with E-state index in [0.29, 0.717) is 13.2 Å². The van der Waals surface area contributed by atoms with Crippen molar-refractivity contribution < 1.29 is 9.47 Å². The third kappa shape index (κ3) is 4.83. The maximum atomic E-state index is 5.61. The smallest absolute Gasteiger partial charge is 0.120 e. The van der Waals surface area contributed by atoms with Gasteiger partial charge in [-0.25, -0.2) is 0 Å². The molecule has 0 heterocycles. The Bertz CT molecular complexity index is 514. The van der Waals surface area contributed by atoms with Crippen LogP contribution in [0.15, 0.2) is 53.0 Å². The van der Waals surface area contributed by atoms with Gasteiger partial charge in [-0.05, 0) is 42.5 Å². The third-order valence-corrected chi connectivity index (χ3v) is 3.00. The highest BCUT2D eigenvalue weighted by atomic mass is 79.9. The minimum absolute atomic E-state index is 0.623. The molecule has 4 heteroatoms. The van der Waals surface area contributed by atoms with E-state index in [4.69, 9.17) is 15.2 Å². The van der Waals surface area contributed by atoms with Crippen LogP contribution in [0.1, 0.15) is 6.42 Å². The molecule has 0 saturated carbocycles. The predicted molar refractivity (Wildman–Crippen MR) is 80.6 cm³/mol. The quantitative estimate of drug-likeness (QED) is 0.648. The second-order valence-corrected chi connectivity index (χ2v) is 4.99. The van der Waals surface area contributed by atoms with E-state index < -0.39 is 0 Å². The standard InChI is InChI=1S/C15H16BrNO2/c16-12-3-1-4-15(11-12)19-10-2-9-18-14-7-5-13(17)6-8-14/h1,3-8,11H,2,9-10,17H2. The Labute approximate surface area is 121 Å². The maximum absolute atomic E-state index is 5.61. The average Bonchev–Trinajstić information content (AvgIpc) is 2.41. The lowest BCUT2D eigenvalue weighted by Gasteiger charge is -2.08. The highest BCUT2D eigenvalue weighted by Crippen LogP contribution is 2.18. The van der Waals surface area contributed by atoms with E-state index in [1.807, 2.05) is 48.5 Å². The summed E-state index contributed by atoms with van der Waals surface area (Å²) in [6, 6.07) is 15.2. The van der Waals surface area contributed by atoms with E-state index in [0.717, 1.165) is 28.1 Å². The van der Waals surface area contributed by atoms with Crippen molar-refractivity contribution in [1.29, 1.82) is 0 Å². The molecular weight excluding hydrogens is 306 g/mol. The molecule has 0 bridgehead atoms. The molecule has 0 aliphatic carbocycles. The molecular formula is C15H16BrNO2. The van der Waals surface area contributed by atoms with Crippen molar-refractivity contribution in [2.45, 2.75) is 6.42 Å². The second-order valence-electron chi connectivity index (χ2n) is 4.08. The predicted octanol–water partition coefficient (Wildman–Crippen LogP) is 3.88. The number of hydrogen-bond donors (Lipinski definition) is 1. The number of nitrogens with two attached hydrogens (primary N) is 1. The van der Waals surface area contributed by atoms with Gasteiger partial charge in [0, 0.05) is 16.6 Å². The van der Waals surface area contributed by atoms with Gasteiger partial charge in [-0.2, -0.15) is 0 Å². The maximum Gasteiger partial charge on any atom is 0.120 e.